The Morgan fingerprint density at radius 1 is 1.35 bits per heavy atom. The number of rotatable bonds is 1. The molecule has 1 aromatic carbocycles. The summed E-state index contributed by atoms with van der Waals surface area (Å²) < 4.78 is 0. The normalized spacial score (nSPS) is 32.0. The van der Waals surface area contributed by atoms with Gasteiger partial charge < -0.3 is 15.5 Å². The molecule has 3 atom stereocenters. The molecule has 1 aliphatic carbocycles. The molecule has 2 aliphatic heterocycles. The number of hydrogen-bond donors (Lipinski definition) is 2. The number of likely N-dealkylation sites (tertiary alicyclic amines) is 1. The minimum Gasteiger partial charge on any atom is -0.341 e. The molecular weight excluding hydrogens is 292 g/mol. The molecule has 2 fully saturated rings. The van der Waals surface area contributed by atoms with Gasteiger partial charge in [-0.2, -0.15) is 0 Å². The zero-order valence-corrected chi connectivity index (χ0v) is 13.1. The van der Waals surface area contributed by atoms with Crippen LogP contribution in [0.3, 0.4) is 0 Å². The van der Waals surface area contributed by atoms with Crippen LogP contribution in [0.5, 0.6) is 0 Å². The van der Waals surface area contributed by atoms with E-state index in [-0.39, 0.29) is 17.9 Å². The third-order valence-corrected chi connectivity index (χ3v) is 5.44. The van der Waals surface area contributed by atoms with Crippen LogP contribution in [0.1, 0.15) is 18.4 Å². The Bertz CT molecular complexity index is 687. The minimum absolute atomic E-state index is 0.0115. The van der Waals surface area contributed by atoms with Crippen molar-refractivity contribution in [2.75, 3.05) is 20.1 Å². The molecule has 0 radical (unpaired) electrons. The van der Waals surface area contributed by atoms with Crippen molar-refractivity contribution in [3.63, 3.8) is 0 Å². The van der Waals surface area contributed by atoms with Gasteiger partial charge in [0.1, 0.15) is 11.4 Å². The van der Waals surface area contributed by atoms with Crippen molar-refractivity contribution in [2.45, 2.75) is 18.4 Å². The summed E-state index contributed by atoms with van der Waals surface area (Å²) >= 11 is 0. The zero-order valence-electron chi connectivity index (χ0n) is 13.1. The van der Waals surface area contributed by atoms with E-state index in [1.165, 1.54) is 0 Å². The van der Waals surface area contributed by atoms with Crippen LogP contribution in [-0.2, 0) is 4.79 Å². The molecule has 4 rings (SSSR count). The van der Waals surface area contributed by atoms with Gasteiger partial charge in [0.2, 0.25) is 0 Å². The Labute approximate surface area is 135 Å². The third kappa shape index (κ3) is 2.04. The summed E-state index contributed by atoms with van der Waals surface area (Å²) in [6.45, 7) is 1.32. The average Bonchev–Trinajstić information content (AvgIpc) is 3.24. The lowest BCUT2D eigenvalue weighted by Crippen LogP contribution is -2.46. The summed E-state index contributed by atoms with van der Waals surface area (Å²) in [7, 11) is 1.64. The van der Waals surface area contributed by atoms with Crippen molar-refractivity contribution in [2.24, 2.45) is 16.8 Å². The molecule has 0 aromatic heterocycles. The van der Waals surface area contributed by atoms with E-state index in [0.717, 1.165) is 24.9 Å². The second-order valence-corrected chi connectivity index (χ2v) is 6.57. The first-order valence-corrected chi connectivity index (χ1v) is 8.07. The lowest BCUT2D eigenvalue weighted by Gasteiger charge is -2.25. The number of urea groups is 1. The van der Waals surface area contributed by atoms with Gasteiger partial charge in [-0.05, 0) is 18.8 Å². The Morgan fingerprint density at radius 2 is 2.13 bits per heavy atom. The second kappa shape index (κ2) is 5.08. The lowest BCUT2D eigenvalue weighted by atomic mass is 9.85. The summed E-state index contributed by atoms with van der Waals surface area (Å²) in [6, 6.07) is 9.66. The first-order valence-electron chi connectivity index (χ1n) is 8.07. The molecule has 0 unspecified atom stereocenters. The maximum absolute atomic E-state index is 12.7. The maximum Gasteiger partial charge on any atom is 0.317 e. The monoisotopic (exact) mass is 312 g/mol. The molecule has 1 spiro atoms. The van der Waals surface area contributed by atoms with Crippen LogP contribution < -0.4 is 10.6 Å². The molecule has 1 aromatic rings. The van der Waals surface area contributed by atoms with Crippen molar-refractivity contribution in [1.29, 1.82) is 0 Å². The van der Waals surface area contributed by atoms with E-state index in [9.17, 15) is 9.59 Å². The van der Waals surface area contributed by atoms with Crippen LogP contribution in [0.2, 0.25) is 0 Å². The van der Waals surface area contributed by atoms with Crippen LogP contribution in [-0.4, -0.2) is 48.3 Å². The fourth-order valence-electron chi connectivity index (χ4n) is 4.27. The molecule has 1 saturated heterocycles. The Balaban J connectivity index is 1.65. The highest BCUT2D eigenvalue weighted by Crippen LogP contribution is 2.49. The van der Waals surface area contributed by atoms with Gasteiger partial charge in [-0.1, -0.05) is 30.3 Å². The summed E-state index contributed by atoms with van der Waals surface area (Å²) in [5, 5.41) is 5.64. The molecule has 6 heteroatoms. The van der Waals surface area contributed by atoms with Crippen molar-refractivity contribution in [3.05, 3.63) is 35.9 Å². The molecule has 6 nitrogen and oxygen atoms in total. The van der Waals surface area contributed by atoms with E-state index in [2.05, 4.69) is 10.6 Å². The van der Waals surface area contributed by atoms with Crippen LogP contribution >= 0.6 is 0 Å². The fraction of sp³-hybridized carbons (Fsp3) is 0.471. The van der Waals surface area contributed by atoms with Gasteiger partial charge in [0.15, 0.2) is 0 Å². The van der Waals surface area contributed by atoms with Crippen LogP contribution in [0.25, 0.3) is 0 Å². The van der Waals surface area contributed by atoms with E-state index < -0.39 is 5.54 Å². The van der Waals surface area contributed by atoms with Gasteiger partial charge in [-0.15, -0.1) is 0 Å². The largest absolute Gasteiger partial charge is 0.341 e. The molecule has 2 N–H and O–H groups in total. The molecule has 3 amide bonds. The van der Waals surface area contributed by atoms with E-state index in [0.29, 0.717) is 18.3 Å². The number of carbonyl (C=O) groups is 2. The lowest BCUT2D eigenvalue weighted by molar-refractivity contribution is -0.124. The minimum atomic E-state index is -0.696. The summed E-state index contributed by atoms with van der Waals surface area (Å²) in [4.78, 5) is 31.3. The topological polar surface area (TPSA) is 73.8 Å². The standard InChI is InChI=1S/C17H20N4O2/c1-18-16(23)21-9-12-7-8-17(13(12)10-21)15(22)19-14(20-17)11-5-3-2-4-6-11/h2-6,12-13H,7-10H2,1H3,(H,18,23)(H,19,20,22)/t12-,13+,17-/m1/s1. The number of nitrogens with zero attached hydrogens (tertiary/aromatic N) is 2. The number of hydrogen-bond acceptors (Lipinski definition) is 3. The molecule has 120 valence electrons. The molecular formula is C17H20N4O2. The van der Waals surface area contributed by atoms with Gasteiger partial charge >= 0.3 is 6.03 Å². The van der Waals surface area contributed by atoms with E-state index in [1.54, 1.807) is 11.9 Å². The molecule has 1 saturated carbocycles. The highest BCUT2D eigenvalue weighted by molar-refractivity contribution is 6.15. The summed E-state index contributed by atoms with van der Waals surface area (Å²) in [5.74, 6) is 1.12. The highest BCUT2D eigenvalue weighted by atomic mass is 16.2. The quantitative estimate of drug-likeness (QED) is 0.811. The van der Waals surface area contributed by atoms with Crippen molar-refractivity contribution in [3.8, 4) is 0 Å². The Hall–Kier alpha value is -2.37. The van der Waals surface area contributed by atoms with E-state index >= 15 is 0 Å². The predicted molar refractivity (Wildman–Crippen MR) is 86.1 cm³/mol. The number of nitrogens with one attached hydrogen (secondary N) is 2. The number of benzene rings is 1. The number of amides is 3. The highest BCUT2D eigenvalue weighted by Gasteiger charge is 2.59. The summed E-state index contributed by atoms with van der Waals surface area (Å²) in [6.07, 6.45) is 1.71. The number of carbonyl (C=O) groups excluding carboxylic acids is 2. The molecule has 3 aliphatic rings. The van der Waals surface area contributed by atoms with Gasteiger partial charge in [-0.3, -0.25) is 9.79 Å². The SMILES string of the molecule is CNC(=O)N1C[C@H]2CC[C@@]3(N=C(c4ccccc4)NC3=O)[C@H]2C1. The molecule has 23 heavy (non-hydrogen) atoms. The first-order chi connectivity index (χ1) is 11.1. The van der Waals surface area contributed by atoms with Gasteiger partial charge in [0.25, 0.3) is 5.91 Å². The summed E-state index contributed by atoms with van der Waals surface area (Å²) in [5.41, 5.74) is 0.237. The number of amidine groups is 1. The van der Waals surface area contributed by atoms with E-state index in [4.69, 9.17) is 4.99 Å². The van der Waals surface area contributed by atoms with Crippen molar-refractivity contribution < 1.29 is 9.59 Å². The smallest absolute Gasteiger partial charge is 0.317 e. The first kappa shape index (κ1) is 14.2. The third-order valence-electron chi connectivity index (χ3n) is 5.44. The second-order valence-electron chi connectivity index (χ2n) is 6.57. The molecule has 2 heterocycles. The Morgan fingerprint density at radius 3 is 2.87 bits per heavy atom. The maximum atomic E-state index is 12.7. The van der Waals surface area contributed by atoms with Gasteiger partial charge in [-0.25, -0.2) is 4.79 Å². The van der Waals surface area contributed by atoms with E-state index in [1.807, 2.05) is 30.3 Å². The number of fused-ring (bicyclic) bond motifs is 2. The predicted octanol–water partition coefficient (Wildman–Crippen LogP) is 0.983. The average molecular weight is 312 g/mol. The van der Waals surface area contributed by atoms with Crippen molar-refractivity contribution in [1.82, 2.24) is 15.5 Å². The van der Waals surface area contributed by atoms with Crippen LogP contribution in [0, 0.1) is 11.8 Å². The Kier molecular flexibility index (Phi) is 3.14. The molecule has 0 bridgehead atoms. The van der Waals surface area contributed by atoms with Crippen LogP contribution in [0.15, 0.2) is 35.3 Å². The van der Waals surface area contributed by atoms with Crippen LogP contribution in [0.4, 0.5) is 4.79 Å². The van der Waals surface area contributed by atoms with Crippen molar-refractivity contribution >= 4 is 17.8 Å². The van der Waals surface area contributed by atoms with Gasteiger partial charge in [0.05, 0.1) is 0 Å². The zero-order chi connectivity index (χ0) is 16.0. The fourth-order valence-corrected chi connectivity index (χ4v) is 4.27. The van der Waals surface area contributed by atoms with Gasteiger partial charge in [0, 0.05) is 31.6 Å². The number of aliphatic imine (C=N–C) groups is 1.